The van der Waals surface area contributed by atoms with Crippen molar-refractivity contribution in [3.05, 3.63) is 51.9 Å². The molecular weight excluding hydrogens is 366 g/mol. The van der Waals surface area contributed by atoms with Crippen molar-refractivity contribution < 1.29 is 14.3 Å². The number of thioether (sulfide) groups is 1. The number of nitrogens with one attached hydrogen (secondary N) is 1. The highest BCUT2D eigenvalue weighted by Gasteiger charge is 2.28. The van der Waals surface area contributed by atoms with Crippen LogP contribution in [-0.2, 0) is 9.53 Å². The van der Waals surface area contributed by atoms with Crippen LogP contribution in [0.25, 0.3) is 0 Å². The molecule has 1 aliphatic rings. The number of rotatable bonds is 5. The maximum atomic E-state index is 12.5. The highest BCUT2D eigenvalue weighted by molar-refractivity contribution is 7.99. The van der Waals surface area contributed by atoms with E-state index in [2.05, 4.69) is 15.0 Å². The maximum Gasteiger partial charge on any atom is 0.337 e. The quantitative estimate of drug-likeness (QED) is 0.627. The summed E-state index contributed by atoms with van der Waals surface area (Å²) in [4.78, 5) is 40.8. The molecule has 0 bridgehead atoms. The van der Waals surface area contributed by atoms with Crippen LogP contribution in [0.1, 0.15) is 48.3 Å². The monoisotopic (exact) mass is 387 g/mol. The van der Waals surface area contributed by atoms with E-state index in [1.165, 1.54) is 18.9 Å². The van der Waals surface area contributed by atoms with Crippen LogP contribution in [0.4, 0.5) is 5.69 Å². The van der Waals surface area contributed by atoms with E-state index in [9.17, 15) is 14.4 Å². The second-order valence-corrected chi connectivity index (χ2v) is 7.60. The first-order valence-corrected chi connectivity index (χ1v) is 9.62. The molecule has 1 aromatic carbocycles. The minimum absolute atomic E-state index is 0.117. The Bertz CT molecular complexity index is 922. The van der Waals surface area contributed by atoms with Gasteiger partial charge in [-0.15, -0.1) is 0 Å². The molecule has 27 heavy (non-hydrogen) atoms. The van der Waals surface area contributed by atoms with Crippen molar-refractivity contribution in [1.29, 1.82) is 0 Å². The van der Waals surface area contributed by atoms with Gasteiger partial charge in [-0.2, -0.15) is 0 Å². The summed E-state index contributed by atoms with van der Waals surface area (Å²) >= 11 is 1.50. The third-order valence-electron chi connectivity index (χ3n) is 4.31. The second kappa shape index (κ2) is 7.96. The Kier molecular flexibility index (Phi) is 5.65. The molecule has 0 aliphatic carbocycles. The predicted octanol–water partition coefficient (Wildman–Crippen LogP) is 2.83. The Morgan fingerprint density at radius 2 is 2.04 bits per heavy atom. The van der Waals surface area contributed by atoms with E-state index in [1.54, 1.807) is 34.9 Å². The van der Waals surface area contributed by atoms with Crippen LogP contribution in [-0.4, -0.2) is 34.3 Å². The SMILES string of the molecule is COC(=O)c1ccc(NC(=O)CC2CSc3nc(C(C)C)cc(=O)n32)cc1. The van der Waals surface area contributed by atoms with Gasteiger partial charge in [0.25, 0.3) is 5.56 Å². The Morgan fingerprint density at radius 3 is 2.67 bits per heavy atom. The number of fused-ring (bicyclic) bond motifs is 1. The fourth-order valence-electron chi connectivity index (χ4n) is 2.85. The lowest BCUT2D eigenvalue weighted by Crippen LogP contribution is -2.28. The third-order valence-corrected chi connectivity index (χ3v) is 5.41. The number of amides is 1. The molecule has 0 saturated carbocycles. The lowest BCUT2D eigenvalue weighted by molar-refractivity contribution is -0.116. The first-order chi connectivity index (χ1) is 12.9. The molecule has 1 aromatic heterocycles. The number of hydrogen-bond donors (Lipinski definition) is 1. The molecule has 142 valence electrons. The second-order valence-electron chi connectivity index (χ2n) is 6.61. The topological polar surface area (TPSA) is 90.3 Å². The Balaban J connectivity index is 1.68. The minimum Gasteiger partial charge on any atom is -0.465 e. The van der Waals surface area contributed by atoms with Crippen LogP contribution in [0.3, 0.4) is 0 Å². The van der Waals surface area contributed by atoms with Gasteiger partial charge in [0.15, 0.2) is 5.16 Å². The van der Waals surface area contributed by atoms with Crippen LogP contribution in [0.5, 0.6) is 0 Å². The average molecular weight is 387 g/mol. The summed E-state index contributed by atoms with van der Waals surface area (Å²) in [7, 11) is 1.32. The Morgan fingerprint density at radius 1 is 1.33 bits per heavy atom. The standard InChI is InChI=1S/C19H21N3O4S/c1-11(2)15-9-17(24)22-14(10-27-19(22)21-15)8-16(23)20-13-6-4-12(5-7-13)18(25)26-3/h4-7,9,11,14H,8,10H2,1-3H3,(H,20,23). The van der Waals surface area contributed by atoms with Gasteiger partial charge in [-0.1, -0.05) is 25.6 Å². The van der Waals surface area contributed by atoms with Crippen LogP contribution < -0.4 is 10.9 Å². The normalized spacial score (nSPS) is 15.5. The number of methoxy groups -OCH3 is 1. The van der Waals surface area contributed by atoms with Crippen molar-refractivity contribution in [2.45, 2.75) is 37.4 Å². The number of carbonyl (C=O) groups is 2. The van der Waals surface area contributed by atoms with E-state index in [1.807, 2.05) is 13.8 Å². The molecule has 1 aliphatic heterocycles. The molecule has 1 unspecified atom stereocenters. The highest BCUT2D eigenvalue weighted by Crippen LogP contribution is 2.33. The van der Waals surface area contributed by atoms with Crippen molar-refractivity contribution in [2.75, 3.05) is 18.2 Å². The van der Waals surface area contributed by atoms with Crippen molar-refractivity contribution in [3.8, 4) is 0 Å². The molecule has 7 nitrogen and oxygen atoms in total. The van der Waals surface area contributed by atoms with E-state index in [4.69, 9.17) is 0 Å². The zero-order chi connectivity index (χ0) is 19.6. The first-order valence-electron chi connectivity index (χ1n) is 8.63. The molecule has 1 amide bonds. The molecule has 2 heterocycles. The lowest BCUT2D eigenvalue weighted by atomic mass is 10.1. The first kappa shape index (κ1) is 19.2. The summed E-state index contributed by atoms with van der Waals surface area (Å²) in [6, 6.07) is 7.79. The van der Waals surface area contributed by atoms with E-state index in [-0.39, 0.29) is 29.8 Å². The van der Waals surface area contributed by atoms with Crippen molar-refractivity contribution in [3.63, 3.8) is 0 Å². The fraction of sp³-hybridized carbons (Fsp3) is 0.368. The van der Waals surface area contributed by atoms with Gasteiger partial charge in [0.1, 0.15) is 0 Å². The summed E-state index contributed by atoms with van der Waals surface area (Å²) in [5, 5.41) is 3.47. The van der Waals surface area contributed by atoms with E-state index >= 15 is 0 Å². The summed E-state index contributed by atoms with van der Waals surface area (Å²) < 4.78 is 6.25. The summed E-state index contributed by atoms with van der Waals surface area (Å²) in [6.45, 7) is 3.99. The lowest BCUT2D eigenvalue weighted by Gasteiger charge is -2.14. The number of benzene rings is 1. The maximum absolute atomic E-state index is 12.5. The van der Waals surface area contributed by atoms with Gasteiger partial charge in [-0.3, -0.25) is 14.2 Å². The van der Waals surface area contributed by atoms with Crippen molar-refractivity contribution in [1.82, 2.24) is 9.55 Å². The van der Waals surface area contributed by atoms with Gasteiger partial charge in [0.05, 0.1) is 24.4 Å². The average Bonchev–Trinajstić information content (AvgIpc) is 3.04. The molecule has 1 atom stereocenters. The van der Waals surface area contributed by atoms with E-state index < -0.39 is 5.97 Å². The summed E-state index contributed by atoms with van der Waals surface area (Å²) in [5.41, 5.74) is 1.65. The van der Waals surface area contributed by atoms with E-state index in [0.29, 0.717) is 22.2 Å². The molecular formula is C19H21N3O4S. The predicted molar refractivity (Wildman–Crippen MR) is 103 cm³/mol. The van der Waals surface area contributed by atoms with Gasteiger partial charge in [0.2, 0.25) is 5.91 Å². The number of hydrogen-bond acceptors (Lipinski definition) is 6. The number of nitrogens with zero attached hydrogens (tertiary/aromatic N) is 2. The Hall–Kier alpha value is -2.61. The van der Waals surface area contributed by atoms with Gasteiger partial charge in [-0.05, 0) is 30.2 Å². The largest absolute Gasteiger partial charge is 0.465 e. The molecule has 0 saturated heterocycles. The van der Waals surface area contributed by atoms with Crippen LogP contribution >= 0.6 is 11.8 Å². The third kappa shape index (κ3) is 4.21. The smallest absolute Gasteiger partial charge is 0.337 e. The summed E-state index contributed by atoms with van der Waals surface area (Å²) in [6.07, 6.45) is 0.182. The van der Waals surface area contributed by atoms with Crippen molar-refractivity contribution >= 4 is 29.3 Å². The van der Waals surface area contributed by atoms with Gasteiger partial charge >= 0.3 is 5.97 Å². The molecule has 0 radical (unpaired) electrons. The van der Waals surface area contributed by atoms with E-state index in [0.717, 1.165) is 5.69 Å². The Labute approximate surface area is 161 Å². The number of esters is 1. The van der Waals surface area contributed by atoms with Crippen molar-refractivity contribution in [2.24, 2.45) is 0 Å². The van der Waals surface area contributed by atoms with Crippen LogP contribution in [0.2, 0.25) is 0 Å². The number of anilines is 1. The molecule has 8 heteroatoms. The number of carbonyl (C=O) groups excluding carboxylic acids is 2. The fourth-order valence-corrected chi connectivity index (χ4v) is 4.01. The highest BCUT2D eigenvalue weighted by atomic mass is 32.2. The molecule has 3 rings (SSSR count). The van der Waals surface area contributed by atoms with Gasteiger partial charge in [-0.25, -0.2) is 9.78 Å². The minimum atomic E-state index is -0.430. The molecule has 0 spiro atoms. The van der Waals surface area contributed by atoms with Crippen LogP contribution in [0, 0.1) is 0 Å². The van der Waals surface area contributed by atoms with Crippen LogP contribution in [0.15, 0.2) is 40.3 Å². The molecule has 0 fully saturated rings. The molecule has 2 aromatic rings. The van der Waals surface area contributed by atoms with Gasteiger partial charge < -0.3 is 10.1 Å². The van der Waals surface area contributed by atoms with Gasteiger partial charge in [0, 0.05) is 23.9 Å². The zero-order valence-electron chi connectivity index (χ0n) is 15.4. The summed E-state index contributed by atoms with van der Waals surface area (Å²) in [5.74, 6) is 0.192. The zero-order valence-corrected chi connectivity index (χ0v) is 16.2. The number of ether oxygens (including phenoxy) is 1. The number of aromatic nitrogens is 2. The molecule has 1 N–H and O–H groups in total.